The predicted molar refractivity (Wildman–Crippen MR) is 115 cm³/mol. The number of nitrogens with two attached hydrogens (primary N) is 1. The van der Waals surface area contributed by atoms with Crippen LogP contribution in [0.4, 0.5) is 17.3 Å². The van der Waals surface area contributed by atoms with Gasteiger partial charge in [-0.25, -0.2) is 9.97 Å². The summed E-state index contributed by atoms with van der Waals surface area (Å²) in [6.45, 7) is 1.80. The third-order valence-corrected chi connectivity index (χ3v) is 5.37. The summed E-state index contributed by atoms with van der Waals surface area (Å²) >= 11 is 0. The van der Waals surface area contributed by atoms with Crippen molar-refractivity contribution in [3.8, 4) is 11.4 Å². The zero-order valence-electron chi connectivity index (χ0n) is 16.3. The van der Waals surface area contributed by atoms with Crippen molar-refractivity contribution < 1.29 is 0 Å². The highest BCUT2D eigenvalue weighted by molar-refractivity contribution is 5.91. The summed E-state index contributed by atoms with van der Waals surface area (Å²) in [5.74, 6) is 2.55. The van der Waals surface area contributed by atoms with Crippen molar-refractivity contribution in [3.05, 3.63) is 48.8 Å². The Hall–Kier alpha value is -3.39. The van der Waals surface area contributed by atoms with Crippen LogP contribution in [-0.4, -0.2) is 43.9 Å². The van der Waals surface area contributed by atoms with E-state index in [0.29, 0.717) is 5.82 Å². The highest BCUT2D eigenvalue weighted by atomic mass is 15.4. The zero-order chi connectivity index (χ0) is 19.8. The normalized spacial score (nSPS) is 17.0. The second kappa shape index (κ2) is 7.21. The molecule has 8 heteroatoms. The Morgan fingerprint density at radius 3 is 2.90 bits per heavy atom. The topological polar surface area (TPSA) is 101 Å². The lowest BCUT2D eigenvalue weighted by molar-refractivity contribution is 0.497. The Kier molecular flexibility index (Phi) is 4.40. The van der Waals surface area contributed by atoms with Crippen LogP contribution in [0.25, 0.3) is 22.4 Å². The van der Waals surface area contributed by atoms with Crippen LogP contribution in [0.1, 0.15) is 12.8 Å². The van der Waals surface area contributed by atoms with Crippen LogP contribution < -0.4 is 16.0 Å². The molecule has 0 radical (unpaired) electrons. The van der Waals surface area contributed by atoms with E-state index in [9.17, 15) is 0 Å². The number of benzene rings is 1. The van der Waals surface area contributed by atoms with Crippen molar-refractivity contribution in [3.63, 3.8) is 0 Å². The van der Waals surface area contributed by atoms with Gasteiger partial charge in [-0.05, 0) is 18.9 Å². The predicted octanol–water partition coefficient (Wildman–Crippen LogP) is 3.03. The number of rotatable bonds is 4. The molecular weight excluding hydrogens is 364 g/mol. The molecule has 5 rings (SSSR count). The molecular formula is C21H24N8. The van der Waals surface area contributed by atoms with Crippen molar-refractivity contribution in [1.82, 2.24) is 24.7 Å². The highest BCUT2D eigenvalue weighted by Gasteiger charge is 2.23. The van der Waals surface area contributed by atoms with Gasteiger partial charge in [-0.3, -0.25) is 4.68 Å². The van der Waals surface area contributed by atoms with Gasteiger partial charge in [-0.1, -0.05) is 30.3 Å². The third-order valence-electron chi connectivity index (χ3n) is 5.37. The van der Waals surface area contributed by atoms with Gasteiger partial charge in [0.05, 0.1) is 11.7 Å². The molecule has 0 amide bonds. The quantitative estimate of drug-likeness (QED) is 0.497. The number of aromatic nitrogens is 5. The third kappa shape index (κ3) is 3.31. The van der Waals surface area contributed by atoms with E-state index < -0.39 is 0 Å². The molecule has 4 N–H and O–H groups in total. The molecule has 1 fully saturated rings. The summed E-state index contributed by atoms with van der Waals surface area (Å²) in [6, 6.07) is 12.2. The minimum atomic E-state index is 0.188. The number of aromatic amines is 1. The Balaban J connectivity index is 1.51. The van der Waals surface area contributed by atoms with Gasteiger partial charge in [0.1, 0.15) is 17.0 Å². The maximum absolute atomic E-state index is 6.20. The summed E-state index contributed by atoms with van der Waals surface area (Å²) in [5, 5.41) is 7.92. The standard InChI is InChI=1S/C21H24N8/c1-28-21(29-11-5-8-15(22)13-29)17(12-24-28)26-20-18-16(9-10-23-20)25-19(27-18)14-6-3-2-4-7-14/h2-4,6-7,9-10,12,15H,5,8,11,13,22H2,1H3,(H,23,26)(H,25,27)/t15-/m0/s1. The summed E-state index contributed by atoms with van der Waals surface area (Å²) in [6.07, 6.45) is 5.76. The smallest absolute Gasteiger partial charge is 0.158 e. The number of fused-ring (bicyclic) bond motifs is 1. The van der Waals surface area contributed by atoms with Crippen molar-refractivity contribution in [2.75, 3.05) is 23.3 Å². The number of nitrogens with one attached hydrogen (secondary N) is 2. The fourth-order valence-electron chi connectivity index (χ4n) is 3.98. The minimum Gasteiger partial charge on any atom is -0.354 e. The molecule has 0 aliphatic carbocycles. The monoisotopic (exact) mass is 388 g/mol. The van der Waals surface area contributed by atoms with E-state index in [4.69, 9.17) is 10.7 Å². The van der Waals surface area contributed by atoms with Gasteiger partial charge in [-0.2, -0.15) is 5.10 Å². The van der Waals surface area contributed by atoms with Gasteiger partial charge in [0.2, 0.25) is 0 Å². The van der Waals surface area contributed by atoms with E-state index in [1.54, 1.807) is 6.20 Å². The summed E-state index contributed by atoms with van der Waals surface area (Å²) in [5.41, 5.74) is 9.89. The van der Waals surface area contributed by atoms with Crippen molar-refractivity contribution in [1.29, 1.82) is 0 Å². The molecule has 148 valence electrons. The van der Waals surface area contributed by atoms with Gasteiger partial charge < -0.3 is 20.9 Å². The number of H-pyrrole nitrogens is 1. The van der Waals surface area contributed by atoms with Crippen molar-refractivity contribution in [2.45, 2.75) is 18.9 Å². The SMILES string of the molecule is Cn1ncc(Nc2nccc3[nH]c(-c4ccccc4)nc23)c1N1CCC[C@H](N)C1. The maximum Gasteiger partial charge on any atom is 0.158 e. The lowest BCUT2D eigenvalue weighted by Gasteiger charge is -2.33. The maximum atomic E-state index is 6.20. The second-order valence-corrected chi connectivity index (χ2v) is 7.49. The number of imidazole rings is 1. The van der Waals surface area contributed by atoms with E-state index >= 15 is 0 Å². The Morgan fingerprint density at radius 2 is 2.07 bits per heavy atom. The minimum absolute atomic E-state index is 0.188. The molecule has 0 saturated carbocycles. The number of hydrogen-bond donors (Lipinski definition) is 3. The van der Waals surface area contributed by atoms with Crippen LogP contribution in [0.2, 0.25) is 0 Å². The van der Waals surface area contributed by atoms with Gasteiger partial charge in [0.15, 0.2) is 11.6 Å². The average Bonchev–Trinajstić information content (AvgIpc) is 3.33. The molecule has 3 aromatic heterocycles. The fraction of sp³-hybridized carbons (Fsp3) is 0.286. The van der Waals surface area contributed by atoms with Crippen LogP contribution in [-0.2, 0) is 7.05 Å². The van der Waals surface area contributed by atoms with Crippen LogP contribution in [0.5, 0.6) is 0 Å². The summed E-state index contributed by atoms with van der Waals surface area (Å²) < 4.78 is 1.89. The molecule has 1 aliphatic rings. The molecule has 0 unspecified atom stereocenters. The van der Waals surface area contributed by atoms with Crippen LogP contribution in [0.3, 0.4) is 0 Å². The number of hydrogen-bond acceptors (Lipinski definition) is 6. The van der Waals surface area contributed by atoms with Gasteiger partial charge in [-0.15, -0.1) is 0 Å². The fourth-order valence-corrected chi connectivity index (χ4v) is 3.98. The number of anilines is 3. The lowest BCUT2D eigenvalue weighted by atomic mass is 10.1. The zero-order valence-corrected chi connectivity index (χ0v) is 16.3. The van der Waals surface area contributed by atoms with Gasteiger partial charge >= 0.3 is 0 Å². The molecule has 4 aromatic rings. The highest BCUT2D eigenvalue weighted by Crippen LogP contribution is 2.32. The Morgan fingerprint density at radius 1 is 1.21 bits per heavy atom. The van der Waals surface area contributed by atoms with Crippen LogP contribution in [0, 0.1) is 0 Å². The summed E-state index contributed by atoms with van der Waals surface area (Å²) in [7, 11) is 1.96. The van der Waals surface area contributed by atoms with E-state index in [1.807, 2.05) is 54.3 Å². The van der Waals surface area contributed by atoms with Crippen molar-refractivity contribution >= 4 is 28.4 Å². The second-order valence-electron chi connectivity index (χ2n) is 7.49. The molecule has 29 heavy (non-hydrogen) atoms. The molecule has 1 saturated heterocycles. The van der Waals surface area contributed by atoms with Crippen LogP contribution in [0.15, 0.2) is 48.8 Å². The average molecular weight is 388 g/mol. The van der Waals surface area contributed by atoms with Crippen LogP contribution >= 0.6 is 0 Å². The Bertz CT molecular complexity index is 1130. The number of piperidine rings is 1. The van der Waals surface area contributed by atoms with Gasteiger partial charge in [0.25, 0.3) is 0 Å². The number of aryl methyl sites for hydroxylation is 1. The molecule has 4 heterocycles. The first-order valence-corrected chi connectivity index (χ1v) is 9.89. The lowest BCUT2D eigenvalue weighted by Crippen LogP contribution is -2.43. The Labute approximate surface area is 168 Å². The molecule has 1 aromatic carbocycles. The van der Waals surface area contributed by atoms with E-state index in [-0.39, 0.29) is 6.04 Å². The molecule has 1 aliphatic heterocycles. The van der Waals surface area contributed by atoms with Gasteiger partial charge in [0, 0.05) is 37.9 Å². The molecule has 0 bridgehead atoms. The summed E-state index contributed by atoms with van der Waals surface area (Å²) in [4.78, 5) is 15.0. The molecule has 8 nitrogen and oxygen atoms in total. The first kappa shape index (κ1) is 17.7. The molecule has 1 atom stereocenters. The largest absolute Gasteiger partial charge is 0.354 e. The number of nitrogens with zero attached hydrogens (tertiary/aromatic N) is 5. The van der Waals surface area contributed by atoms with E-state index in [1.165, 1.54) is 0 Å². The van der Waals surface area contributed by atoms with Crippen molar-refractivity contribution in [2.24, 2.45) is 12.8 Å². The first-order valence-electron chi connectivity index (χ1n) is 9.89. The van der Waals surface area contributed by atoms with E-state index in [2.05, 4.69) is 25.3 Å². The number of pyridine rings is 1. The molecule has 0 spiro atoms. The first-order chi connectivity index (χ1) is 14.2. The van der Waals surface area contributed by atoms with E-state index in [0.717, 1.165) is 59.9 Å².